The molecule has 0 radical (unpaired) electrons. The zero-order valence-corrected chi connectivity index (χ0v) is 10.4. The lowest BCUT2D eigenvalue weighted by molar-refractivity contribution is -0.137. The van der Waals surface area contributed by atoms with Crippen LogP contribution in [0.5, 0.6) is 5.75 Å². The molecule has 0 spiro atoms. The summed E-state index contributed by atoms with van der Waals surface area (Å²) < 4.78 is 5.27. The van der Waals surface area contributed by atoms with Crippen molar-refractivity contribution in [1.82, 2.24) is 5.32 Å². The standard InChI is InChI=1S/C13H19NO3/c1-9(8-13(15)16)14-10(2)11-6-4-5-7-12(11)17-3/h4-7,9-10,14H,8H2,1-3H3,(H,15,16)/t9?,10-/m1/s1. The number of carboxylic acids is 1. The van der Waals surface area contributed by atoms with Crippen molar-refractivity contribution in [3.8, 4) is 5.75 Å². The van der Waals surface area contributed by atoms with Gasteiger partial charge in [0.05, 0.1) is 13.5 Å². The van der Waals surface area contributed by atoms with Crippen molar-refractivity contribution in [3.63, 3.8) is 0 Å². The number of aliphatic carboxylic acids is 1. The van der Waals surface area contributed by atoms with Crippen LogP contribution in [-0.4, -0.2) is 24.2 Å². The fourth-order valence-electron chi connectivity index (χ4n) is 1.86. The van der Waals surface area contributed by atoms with Crippen molar-refractivity contribution in [3.05, 3.63) is 29.8 Å². The summed E-state index contributed by atoms with van der Waals surface area (Å²) in [4.78, 5) is 10.6. The van der Waals surface area contributed by atoms with E-state index in [0.29, 0.717) is 0 Å². The van der Waals surface area contributed by atoms with Crippen LogP contribution in [0.25, 0.3) is 0 Å². The van der Waals surface area contributed by atoms with Gasteiger partial charge in [-0.25, -0.2) is 0 Å². The fraction of sp³-hybridized carbons (Fsp3) is 0.462. The molecule has 0 heterocycles. The second-order valence-corrected chi connectivity index (χ2v) is 4.13. The maximum absolute atomic E-state index is 10.6. The SMILES string of the molecule is COc1ccccc1[C@@H](C)NC(C)CC(=O)O. The van der Waals surface area contributed by atoms with Crippen molar-refractivity contribution in [1.29, 1.82) is 0 Å². The van der Waals surface area contributed by atoms with Gasteiger partial charge in [0.2, 0.25) is 0 Å². The average Bonchev–Trinajstić information content (AvgIpc) is 2.27. The van der Waals surface area contributed by atoms with E-state index in [2.05, 4.69) is 5.32 Å². The Morgan fingerprint density at radius 2 is 2.06 bits per heavy atom. The van der Waals surface area contributed by atoms with Gasteiger partial charge in [-0.05, 0) is 19.9 Å². The molecule has 2 atom stereocenters. The van der Waals surface area contributed by atoms with Crippen LogP contribution in [-0.2, 0) is 4.79 Å². The second-order valence-electron chi connectivity index (χ2n) is 4.13. The molecule has 1 aromatic carbocycles. The van der Waals surface area contributed by atoms with Crippen LogP contribution in [0.4, 0.5) is 0 Å². The lowest BCUT2D eigenvalue weighted by Crippen LogP contribution is -2.31. The monoisotopic (exact) mass is 237 g/mol. The van der Waals surface area contributed by atoms with Crippen LogP contribution in [0, 0.1) is 0 Å². The van der Waals surface area contributed by atoms with Crippen LogP contribution in [0.15, 0.2) is 24.3 Å². The second kappa shape index (κ2) is 6.25. The number of benzene rings is 1. The molecule has 4 nitrogen and oxygen atoms in total. The number of para-hydroxylation sites is 1. The molecule has 0 aromatic heterocycles. The molecule has 94 valence electrons. The largest absolute Gasteiger partial charge is 0.496 e. The van der Waals surface area contributed by atoms with Gasteiger partial charge in [-0.1, -0.05) is 18.2 Å². The number of ether oxygens (including phenoxy) is 1. The number of nitrogens with one attached hydrogen (secondary N) is 1. The summed E-state index contributed by atoms with van der Waals surface area (Å²) in [6, 6.07) is 7.71. The van der Waals surface area contributed by atoms with Crippen molar-refractivity contribution in [2.24, 2.45) is 0 Å². The van der Waals surface area contributed by atoms with E-state index in [9.17, 15) is 4.79 Å². The quantitative estimate of drug-likeness (QED) is 0.796. The maximum Gasteiger partial charge on any atom is 0.304 e. The summed E-state index contributed by atoms with van der Waals surface area (Å²) in [7, 11) is 1.63. The van der Waals surface area contributed by atoms with Gasteiger partial charge < -0.3 is 15.2 Å². The van der Waals surface area contributed by atoms with Crippen LogP contribution in [0.2, 0.25) is 0 Å². The molecule has 0 aliphatic heterocycles. The molecule has 4 heteroatoms. The highest BCUT2D eigenvalue weighted by molar-refractivity contribution is 5.67. The van der Waals surface area contributed by atoms with Gasteiger partial charge in [0.25, 0.3) is 0 Å². The summed E-state index contributed by atoms with van der Waals surface area (Å²) in [5.41, 5.74) is 1.03. The third-order valence-electron chi connectivity index (χ3n) is 2.62. The van der Waals surface area contributed by atoms with E-state index in [1.165, 1.54) is 0 Å². The predicted octanol–water partition coefficient (Wildman–Crippen LogP) is 2.21. The predicted molar refractivity (Wildman–Crippen MR) is 66.3 cm³/mol. The van der Waals surface area contributed by atoms with Gasteiger partial charge in [0.1, 0.15) is 5.75 Å². The van der Waals surface area contributed by atoms with Crippen LogP contribution in [0.3, 0.4) is 0 Å². The first-order valence-electron chi connectivity index (χ1n) is 5.65. The molecular weight excluding hydrogens is 218 g/mol. The minimum absolute atomic E-state index is 0.0560. The van der Waals surface area contributed by atoms with Gasteiger partial charge in [-0.2, -0.15) is 0 Å². The first-order chi connectivity index (χ1) is 8.04. The van der Waals surface area contributed by atoms with E-state index in [4.69, 9.17) is 9.84 Å². The van der Waals surface area contributed by atoms with Gasteiger partial charge >= 0.3 is 5.97 Å². The zero-order chi connectivity index (χ0) is 12.8. The Morgan fingerprint density at radius 3 is 2.65 bits per heavy atom. The third-order valence-corrected chi connectivity index (χ3v) is 2.62. The lowest BCUT2D eigenvalue weighted by atomic mass is 10.1. The Hall–Kier alpha value is -1.55. The minimum Gasteiger partial charge on any atom is -0.496 e. The normalized spacial score (nSPS) is 14.1. The highest BCUT2D eigenvalue weighted by Gasteiger charge is 2.14. The highest BCUT2D eigenvalue weighted by atomic mass is 16.5. The van der Waals surface area contributed by atoms with Crippen LogP contribution < -0.4 is 10.1 Å². The first-order valence-corrected chi connectivity index (χ1v) is 5.65. The van der Waals surface area contributed by atoms with E-state index in [-0.39, 0.29) is 18.5 Å². The molecule has 0 fully saturated rings. The summed E-state index contributed by atoms with van der Waals surface area (Å²) >= 11 is 0. The Bertz CT molecular complexity index is 379. The van der Waals surface area contributed by atoms with Crippen molar-refractivity contribution in [2.75, 3.05) is 7.11 Å². The first kappa shape index (κ1) is 13.5. The Morgan fingerprint density at radius 1 is 1.41 bits per heavy atom. The topological polar surface area (TPSA) is 58.6 Å². The highest BCUT2D eigenvalue weighted by Crippen LogP contribution is 2.24. The van der Waals surface area contributed by atoms with Crippen LogP contribution in [0.1, 0.15) is 31.9 Å². The van der Waals surface area contributed by atoms with Crippen LogP contribution >= 0.6 is 0 Å². The van der Waals surface area contributed by atoms with E-state index < -0.39 is 5.97 Å². The maximum atomic E-state index is 10.6. The molecule has 0 aliphatic carbocycles. The Labute approximate surface area is 102 Å². The summed E-state index contributed by atoms with van der Waals surface area (Å²) in [5, 5.41) is 11.9. The molecule has 0 saturated carbocycles. The molecule has 1 aromatic rings. The average molecular weight is 237 g/mol. The van der Waals surface area contributed by atoms with E-state index in [1.54, 1.807) is 7.11 Å². The van der Waals surface area contributed by atoms with E-state index >= 15 is 0 Å². The van der Waals surface area contributed by atoms with Crippen molar-refractivity contribution < 1.29 is 14.6 Å². The molecule has 0 bridgehead atoms. The Kier molecular flexibility index (Phi) is 4.97. The summed E-state index contributed by atoms with van der Waals surface area (Å²) in [6.45, 7) is 3.86. The number of hydrogen-bond donors (Lipinski definition) is 2. The fourth-order valence-corrected chi connectivity index (χ4v) is 1.86. The summed E-state index contributed by atoms with van der Waals surface area (Å²) in [6.07, 6.45) is 0.111. The number of carboxylic acid groups (broad SMARTS) is 1. The van der Waals surface area contributed by atoms with Crippen molar-refractivity contribution >= 4 is 5.97 Å². The number of carbonyl (C=O) groups is 1. The zero-order valence-electron chi connectivity index (χ0n) is 10.4. The van der Waals surface area contributed by atoms with E-state index in [0.717, 1.165) is 11.3 Å². The molecular formula is C13H19NO3. The molecule has 17 heavy (non-hydrogen) atoms. The third kappa shape index (κ3) is 4.07. The molecule has 0 amide bonds. The number of methoxy groups -OCH3 is 1. The van der Waals surface area contributed by atoms with Gasteiger partial charge in [0, 0.05) is 17.6 Å². The van der Waals surface area contributed by atoms with Crippen molar-refractivity contribution in [2.45, 2.75) is 32.4 Å². The Balaban J connectivity index is 2.69. The number of hydrogen-bond acceptors (Lipinski definition) is 3. The van der Waals surface area contributed by atoms with Gasteiger partial charge in [-0.3, -0.25) is 4.79 Å². The molecule has 0 aliphatic rings. The van der Waals surface area contributed by atoms with Gasteiger partial charge in [0.15, 0.2) is 0 Å². The number of rotatable bonds is 6. The molecule has 1 rings (SSSR count). The van der Waals surface area contributed by atoms with E-state index in [1.807, 2.05) is 38.1 Å². The minimum atomic E-state index is -0.794. The van der Waals surface area contributed by atoms with Gasteiger partial charge in [-0.15, -0.1) is 0 Å². The molecule has 2 N–H and O–H groups in total. The molecule has 1 unspecified atom stereocenters. The lowest BCUT2D eigenvalue weighted by Gasteiger charge is -2.20. The molecule has 0 saturated heterocycles. The smallest absolute Gasteiger partial charge is 0.304 e. The summed E-state index contributed by atoms with van der Waals surface area (Å²) in [5.74, 6) is 0.0206.